The number of nitrogens with zero attached hydrogens (tertiary/aromatic N) is 5. The summed E-state index contributed by atoms with van der Waals surface area (Å²) in [6, 6.07) is 23.1. The number of benzene rings is 3. The number of urea groups is 1. The van der Waals surface area contributed by atoms with Gasteiger partial charge in [-0.2, -0.15) is 0 Å². The number of para-hydroxylation sites is 1. The number of thiazole rings is 1. The number of halogens is 1. The van der Waals surface area contributed by atoms with Gasteiger partial charge in [0.25, 0.3) is 0 Å². The van der Waals surface area contributed by atoms with Crippen LogP contribution in [0.1, 0.15) is 0 Å². The van der Waals surface area contributed by atoms with Crippen LogP contribution in [0.5, 0.6) is 0 Å². The van der Waals surface area contributed by atoms with Gasteiger partial charge < -0.3 is 25.6 Å². The first-order valence-electron chi connectivity index (χ1n) is 14.0. The lowest BCUT2D eigenvalue weighted by Crippen LogP contribution is -2.36. The van der Waals surface area contributed by atoms with Crippen LogP contribution in [0.4, 0.5) is 37.9 Å². The van der Waals surface area contributed by atoms with Crippen LogP contribution < -0.4 is 20.9 Å². The molecule has 0 saturated carbocycles. The van der Waals surface area contributed by atoms with Crippen molar-refractivity contribution in [3.63, 3.8) is 0 Å². The minimum Gasteiger partial charge on any atom is -0.378 e. The molecule has 1 saturated heterocycles. The minimum atomic E-state index is -0.350. The largest absolute Gasteiger partial charge is 0.378 e. The van der Waals surface area contributed by atoms with E-state index in [9.17, 15) is 9.18 Å². The molecule has 0 radical (unpaired) electrons. The molecule has 0 spiro atoms. The van der Waals surface area contributed by atoms with Crippen molar-refractivity contribution in [2.24, 2.45) is 0 Å². The number of ether oxygens (including phenoxy) is 1. The maximum absolute atomic E-state index is 14.6. The summed E-state index contributed by atoms with van der Waals surface area (Å²) in [5.74, 6) is -0.0261. The van der Waals surface area contributed by atoms with Crippen LogP contribution in [0.15, 0.2) is 96.6 Å². The number of carbonyl (C=O) groups excluding carboxylic acids is 1. The molecule has 12 heteroatoms. The van der Waals surface area contributed by atoms with Crippen LogP contribution in [0.25, 0.3) is 27.6 Å². The van der Waals surface area contributed by atoms with Gasteiger partial charge in [-0.1, -0.05) is 30.3 Å². The summed E-state index contributed by atoms with van der Waals surface area (Å²) < 4.78 is 22.0. The van der Waals surface area contributed by atoms with Crippen LogP contribution in [0.2, 0.25) is 0 Å². The van der Waals surface area contributed by atoms with E-state index in [1.54, 1.807) is 6.20 Å². The van der Waals surface area contributed by atoms with Crippen molar-refractivity contribution in [1.29, 1.82) is 0 Å². The topological polar surface area (TPSA) is 109 Å². The third kappa shape index (κ3) is 5.93. The number of carbonyl (C=O) groups is 1. The molecule has 1 aliphatic rings. The molecule has 44 heavy (non-hydrogen) atoms. The standard InChI is InChI=1S/C32H27FN8O2S/c33-22-18-25(20-26(19-22)40-11-14-43-15-12-40)35-30-34-10-9-27(38-30)29-28(39-32-41(29)13-16-44-32)21-5-4-8-24(17-21)37-31(42)36-23-6-2-1-3-7-23/h1-10,13,16-20H,11-12,14-15H2,(H,34,35,38)(H2,36,37,42). The second-order valence-corrected chi connectivity index (χ2v) is 11.0. The van der Waals surface area contributed by atoms with E-state index in [0.29, 0.717) is 60.7 Å². The van der Waals surface area contributed by atoms with Crippen molar-refractivity contribution in [3.8, 4) is 22.6 Å². The first-order chi connectivity index (χ1) is 21.6. The molecule has 0 atom stereocenters. The van der Waals surface area contributed by atoms with Crippen molar-refractivity contribution in [2.75, 3.05) is 47.2 Å². The quantitative estimate of drug-likeness (QED) is 0.182. The molecule has 3 aromatic carbocycles. The van der Waals surface area contributed by atoms with Crippen LogP contribution in [0.3, 0.4) is 0 Å². The smallest absolute Gasteiger partial charge is 0.323 e. The predicted molar refractivity (Wildman–Crippen MR) is 171 cm³/mol. The lowest BCUT2D eigenvalue weighted by molar-refractivity contribution is 0.122. The number of anilines is 5. The van der Waals surface area contributed by atoms with E-state index in [1.807, 2.05) is 82.7 Å². The van der Waals surface area contributed by atoms with Gasteiger partial charge in [-0.25, -0.2) is 24.1 Å². The zero-order valence-electron chi connectivity index (χ0n) is 23.4. The molecule has 4 heterocycles. The number of morpholine rings is 1. The summed E-state index contributed by atoms with van der Waals surface area (Å²) in [4.78, 5) is 29.6. The molecule has 2 amide bonds. The lowest BCUT2D eigenvalue weighted by Gasteiger charge is -2.29. The van der Waals surface area contributed by atoms with E-state index in [1.165, 1.54) is 23.5 Å². The van der Waals surface area contributed by atoms with E-state index >= 15 is 0 Å². The van der Waals surface area contributed by atoms with Gasteiger partial charge in [0.15, 0.2) is 4.96 Å². The molecule has 0 aliphatic carbocycles. The molecule has 10 nitrogen and oxygen atoms in total. The highest BCUT2D eigenvalue weighted by Gasteiger charge is 2.20. The molecule has 3 N–H and O–H groups in total. The van der Waals surface area contributed by atoms with Crippen LogP contribution >= 0.6 is 11.3 Å². The zero-order valence-corrected chi connectivity index (χ0v) is 24.2. The van der Waals surface area contributed by atoms with E-state index in [-0.39, 0.29) is 11.8 Å². The molecule has 3 aromatic heterocycles. The number of amides is 2. The van der Waals surface area contributed by atoms with Crippen molar-refractivity contribution < 1.29 is 13.9 Å². The van der Waals surface area contributed by atoms with Gasteiger partial charge in [0.2, 0.25) is 5.95 Å². The van der Waals surface area contributed by atoms with Crippen LogP contribution in [-0.2, 0) is 4.74 Å². The van der Waals surface area contributed by atoms with Gasteiger partial charge in [0.05, 0.1) is 24.6 Å². The summed E-state index contributed by atoms with van der Waals surface area (Å²) in [7, 11) is 0. The summed E-state index contributed by atoms with van der Waals surface area (Å²) in [5.41, 5.74) is 5.54. The van der Waals surface area contributed by atoms with Gasteiger partial charge >= 0.3 is 6.03 Å². The van der Waals surface area contributed by atoms with Gasteiger partial charge in [-0.05, 0) is 48.5 Å². The maximum atomic E-state index is 14.6. The Labute approximate surface area is 256 Å². The number of rotatable bonds is 7. The van der Waals surface area contributed by atoms with E-state index < -0.39 is 0 Å². The number of hydrogen-bond donors (Lipinski definition) is 3. The molecule has 0 bridgehead atoms. The zero-order chi connectivity index (χ0) is 29.9. The van der Waals surface area contributed by atoms with Crippen LogP contribution in [-0.4, -0.2) is 51.7 Å². The SMILES string of the molecule is O=C(Nc1ccccc1)Nc1cccc(-c2nc3sccn3c2-c2ccnc(Nc3cc(F)cc(N4CCOCC4)c3)n2)c1. The Morgan fingerprint density at radius 3 is 2.57 bits per heavy atom. The van der Waals surface area contributed by atoms with Crippen molar-refractivity contribution in [1.82, 2.24) is 19.4 Å². The number of nitrogens with one attached hydrogen (secondary N) is 3. The van der Waals surface area contributed by atoms with Gasteiger partial charge in [-0.3, -0.25) is 4.40 Å². The molecule has 7 rings (SSSR count). The number of fused-ring (bicyclic) bond motifs is 1. The Balaban J connectivity index is 1.18. The van der Waals surface area contributed by atoms with Crippen molar-refractivity contribution >= 4 is 51.0 Å². The highest BCUT2D eigenvalue weighted by atomic mass is 32.1. The first-order valence-corrected chi connectivity index (χ1v) is 14.9. The molecule has 220 valence electrons. The first kappa shape index (κ1) is 27.5. The monoisotopic (exact) mass is 606 g/mol. The third-order valence-electron chi connectivity index (χ3n) is 7.10. The molecular formula is C32H27FN8O2S. The Morgan fingerprint density at radius 2 is 1.70 bits per heavy atom. The molecule has 0 unspecified atom stereocenters. The summed E-state index contributed by atoms with van der Waals surface area (Å²) in [6.45, 7) is 2.61. The minimum absolute atomic E-state index is 0.324. The molecule has 6 aromatic rings. The predicted octanol–water partition coefficient (Wildman–Crippen LogP) is 6.88. The summed E-state index contributed by atoms with van der Waals surface area (Å²) in [6.07, 6.45) is 3.60. The summed E-state index contributed by atoms with van der Waals surface area (Å²) in [5, 5.41) is 10.9. The van der Waals surface area contributed by atoms with Crippen molar-refractivity contribution in [2.45, 2.75) is 0 Å². The van der Waals surface area contributed by atoms with E-state index in [4.69, 9.17) is 14.7 Å². The number of hydrogen-bond acceptors (Lipinski definition) is 8. The average Bonchev–Trinajstić information content (AvgIpc) is 3.64. The lowest BCUT2D eigenvalue weighted by atomic mass is 10.1. The Morgan fingerprint density at radius 1 is 0.886 bits per heavy atom. The van der Waals surface area contributed by atoms with E-state index in [2.05, 4.69) is 25.8 Å². The fraction of sp³-hybridized carbons (Fsp3) is 0.125. The number of aromatic nitrogens is 4. The van der Waals surface area contributed by atoms with Gasteiger partial charge in [0, 0.05) is 59.2 Å². The molecule has 1 aliphatic heterocycles. The highest BCUT2D eigenvalue weighted by Crippen LogP contribution is 2.35. The van der Waals surface area contributed by atoms with Gasteiger partial charge in [-0.15, -0.1) is 11.3 Å². The third-order valence-corrected chi connectivity index (χ3v) is 7.86. The maximum Gasteiger partial charge on any atom is 0.323 e. The number of imidazole rings is 1. The second kappa shape index (κ2) is 12.1. The molecular weight excluding hydrogens is 579 g/mol. The Hall–Kier alpha value is -5.33. The van der Waals surface area contributed by atoms with E-state index in [0.717, 1.165) is 21.9 Å². The normalized spacial score (nSPS) is 13.2. The second-order valence-electron chi connectivity index (χ2n) is 10.1. The average molecular weight is 607 g/mol. The fourth-order valence-corrected chi connectivity index (χ4v) is 5.84. The van der Waals surface area contributed by atoms with Gasteiger partial charge in [0.1, 0.15) is 11.5 Å². The Kier molecular flexibility index (Phi) is 7.57. The highest BCUT2D eigenvalue weighted by molar-refractivity contribution is 7.15. The molecule has 1 fully saturated rings. The summed E-state index contributed by atoms with van der Waals surface area (Å²) >= 11 is 1.51. The fourth-order valence-electron chi connectivity index (χ4n) is 5.12. The van der Waals surface area contributed by atoms with Crippen LogP contribution in [0, 0.1) is 5.82 Å². The van der Waals surface area contributed by atoms with Crippen molar-refractivity contribution in [3.05, 3.63) is 102 Å². The Bertz CT molecular complexity index is 1940.